The smallest absolute Gasteiger partial charge is 0.306 e. The maximum absolute atomic E-state index is 12.2. The molecule has 1 aliphatic carbocycles. The van der Waals surface area contributed by atoms with Crippen molar-refractivity contribution in [2.45, 2.75) is 57.1 Å². The summed E-state index contributed by atoms with van der Waals surface area (Å²) in [6.45, 7) is 2.64. The van der Waals surface area contributed by atoms with Gasteiger partial charge in [-0.3, -0.25) is 9.59 Å². The summed E-state index contributed by atoms with van der Waals surface area (Å²) in [5, 5.41) is 12.1. The highest BCUT2D eigenvalue weighted by molar-refractivity contribution is 5.76. The standard InChI is InChI=1S/C19H25NO4/c1-13-2-4-14(5-3-13)6-7-17(21)20-16-8-9-24-19(12-16)10-15(11-19)18(22)23/h2-5,15-16H,6-12H2,1H3,(H,20,21)(H,22,23). The second kappa shape index (κ2) is 6.93. The number of aliphatic carboxylic acids is 1. The molecule has 1 aromatic rings. The molecule has 3 rings (SSSR count). The molecule has 0 radical (unpaired) electrons. The number of hydrogen-bond acceptors (Lipinski definition) is 3. The normalized spacial score (nSPS) is 29.0. The molecule has 1 heterocycles. The van der Waals surface area contributed by atoms with Crippen molar-refractivity contribution in [1.29, 1.82) is 0 Å². The molecular weight excluding hydrogens is 306 g/mol. The summed E-state index contributed by atoms with van der Waals surface area (Å²) in [5.41, 5.74) is 2.06. The van der Waals surface area contributed by atoms with Crippen LogP contribution in [0.25, 0.3) is 0 Å². The highest BCUT2D eigenvalue weighted by Gasteiger charge is 2.51. The molecular formula is C19H25NO4. The summed E-state index contributed by atoms with van der Waals surface area (Å²) in [5.74, 6) is -0.971. The van der Waals surface area contributed by atoms with Gasteiger partial charge in [-0.25, -0.2) is 0 Å². The highest BCUT2D eigenvalue weighted by atomic mass is 16.5. The second-order valence-electron chi connectivity index (χ2n) is 7.22. The van der Waals surface area contributed by atoms with Crippen LogP contribution in [-0.2, 0) is 20.7 Å². The fourth-order valence-electron chi connectivity index (χ4n) is 3.76. The molecule has 1 unspecified atom stereocenters. The zero-order valence-corrected chi connectivity index (χ0v) is 14.1. The molecule has 24 heavy (non-hydrogen) atoms. The average Bonchev–Trinajstić information content (AvgIpc) is 2.52. The van der Waals surface area contributed by atoms with Crippen molar-refractivity contribution < 1.29 is 19.4 Å². The van der Waals surface area contributed by atoms with Crippen LogP contribution in [0.4, 0.5) is 0 Å². The Morgan fingerprint density at radius 2 is 1.96 bits per heavy atom. The first-order chi connectivity index (χ1) is 11.5. The van der Waals surface area contributed by atoms with Crippen LogP contribution in [0.15, 0.2) is 24.3 Å². The Balaban J connectivity index is 1.44. The van der Waals surface area contributed by atoms with E-state index in [0.29, 0.717) is 25.9 Å². The van der Waals surface area contributed by atoms with Crippen LogP contribution in [0.1, 0.15) is 43.2 Å². The van der Waals surface area contributed by atoms with Crippen LogP contribution in [0.5, 0.6) is 0 Å². The van der Waals surface area contributed by atoms with E-state index in [0.717, 1.165) is 19.3 Å². The summed E-state index contributed by atoms with van der Waals surface area (Å²) in [4.78, 5) is 23.2. The Morgan fingerprint density at radius 3 is 2.62 bits per heavy atom. The molecule has 5 nitrogen and oxygen atoms in total. The number of nitrogens with one attached hydrogen (secondary N) is 1. The zero-order valence-electron chi connectivity index (χ0n) is 14.1. The van der Waals surface area contributed by atoms with Gasteiger partial charge >= 0.3 is 5.97 Å². The van der Waals surface area contributed by atoms with Gasteiger partial charge in [0.25, 0.3) is 0 Å². The monoisotopic (exact) mass is 331 g/mol. The van der Waals surface area contributed by atoms with E-state index in [2.05, 4.69) is 29.6 Å². The number of rotatable bonds is 5. The van der Waals surface area contributed by atoms with Gasteiger partial charge in [-0.1, -0.05) is 29.8 Å². The van der Waals surface area contributed by atoms with E-state index in [1.807, 2.05) is 6.92 Å². The van der Waals surface area contributed by atoms with Crippen LogP contribution < -0.4 is 5.32 Å². The molecule has 1 spiro atoms. The van der Waals surface area contributed by atoms with Gasteiger partial charge in [0, 0.05) is 19.1 Å². The molecule has 1 saturated carbocycles. The lowest BCUT2D eigenvalue weighted by atomic mass is 9.66. The van der Waals surface area contributed by atoms with Gasteiger partial charge in [0.1, 0.15) is 0 Å². The minimum Gasteiger partial charge on any atom is -0.481 e. The molecule has 1 amide bonds. The van der Waals surface area contributed by atoms with E-state index in [-0.39, 0.29) is 23.5 Å². The van der Waals surface area contributed by atoms with E-state index in [4.69, 9.17) is 9.84 Å². The quantitative estimate of drug-likeness (QED) is 0.869. The summed E-state index contributed by atoms with van der Waals surface area (Å²) >= 11 is 0. The van der Waals surface area contributed by atoms with E-state index in [1.165, 1.54) is 11.1 Å². The fraction of sp³-hybridized carbons (Fsp3) is 0.579. The third-order valence-electron chi connectivity index (χ3n) is 5.21. The molecule has 2 aliphatic rings. The van der Waals surface area contributed by atoms with E-state index < -0.39 is 5.97 Å². The van der Waals surface area contributed by atoms with Crippen LogP contribution >= 0.6 is 0 Å². The van der Waals surface area contributed by atoms with Gasteiger partial charge in [-0.05, 0) is 44.6 Å². The van der Waals surface area contributed by atoms with Crippen LogP contribution in [0.2, 0.25) is 0 Å². The molecule has 1 aliphatic heterocycles. The van der Waals surface area contributed by atoms with Gasteiger partial charge in [-0.2, -0.15) is 0 Å². The van der Waals surface area contributed by atoms with Crippen LogP contribution in [-0.4, -0.2) is 35.2 Å². The fourth-order valence-corrected chi connectivity index (χ4v) is 3.76. The maximum Gasteiger partial charge on any atom is 0.306 e. The van der Waals surface area contributed by atoms with Crippen molar-refractivity contribution in [3.05, 3.63) is 35.4 Å². The molecule has 5 heteroatoms. The third-order valence-corrected chi connectivity index (χ3v) is 5.21. The molecule has 2 N–H and O–H groups in total. The Bertz CT molecular complexity index is 604. The Kier molecular flexibility index (Phi) is 4.90. The number of amides is 1. The largest absolute Gasteiger partial charge is 0.481 e. The van der Waals surface area contributed by atoms with Crippen LogP contribution in [0, 0.1) is 12.8 Å². The average molecular weight is 331 g/mol. The number of carboxylic acids is 1. The second-order valence-corrected chi connectivity index (χ2v) is 7.22. The van der Waals surface area contributed by atoms with Crippen molar-refractivity contribution in [3.63, 3.8) is 0 Å². The molecule has 1 saturated heterocycles. The summed E-state index contributed by atoms with van der Waals surface area (Å²) < 4.78 is 5.82. The molecule has 0 aromatic heterocycles. The van der Waals surface area contributed by atoms with E-state index in [1.54, 1.807) is 0 Å². The molecule has 1 atom stereocenters. The Labute approximate surface area is 142 Å². The first-order valence-electron chi connectivity index (χ1n) is 8.67. The number of carboxylic acid groups (broad SMARTS) is 1. The minimum atomic E-state index is -0.742. The number of benzene rings is 1. The van der Waals surface area contributed by atoms with Crippen molar-refractivity contribution >= 4 is 11.9 Å². The number of carbonyl (C=O) groups excluding carboxylic acids is 1. The van der Waals surface area contributed by atoms with Gasteiger partial charge in [0.05, 0.1) is 11.5 Å². The summed E-state index contributed by atoms with van der Waals surface area (Å²) in [7, 11) is 0. The van der Waals surface area contributed by atoms with Crippen molar-refractivity contribution in [2.75, 3.05) is 6.61 Å². The topological polar surface area (TPSA) is 75.6 Å². The lowest BCUT2D eigenvalue weighted by molar-refractivity contribution is -0.182. The van der Waals surface area contributed by atoms with Gasteiger partial charge < -0.3 is 15.2 Å². The minimum absolute atomic E-state index is 0.0618. The van der Waals surface area contributed by atoms with E-state index >= 15 is 0 Å². The highest BCUT2D eigenvalue weighted by Crippen LogP contribution is 2.46. The zero-order chi connectivity index (χ0) is 17.2. The van der Waals surface area contributed by atoms with Gasteiger partial charge in [0.15, 0.2) is 0 Å². The first-order valence-corrected chi connectivity index (χ1v) is 8.67. The number of aryl methyl sites for hydroxylation is 2. The molecule has 2 fully saturated rings. The van der Waals surface area contributed by atoms with Crippen molar-refractivity contribution in [1.82, 2.24) is 5.32 Å². The predicted octanol–water partition coefficient (Wildman–Crippen LogP) is 2.46. The number of carbonyl (C=O) groups is 2. The maximum atomic E-state index is 12.2. The van der Waals surface area contributed by atoms with E-state index in [9.17, 15) is 9.59 Å². The summed E-state index contributed by atoms with van der Waals surface area (Å²) in [6.07, 6.45) is 3.88. The van der Waals surface area contributed by atoms with Gasteiger partial charge in [0.2, 0.25) is 5.91 Å². The number of hydrogen-bond donors (Lipinski definition) is 2. The lowest BCUT2D eigenvalue weighted by Crippen LogP contribution is -2.56. The number of ether oxygens (including phenoxy) is 1. The SMILES string of the molecule is Cc1ccc(CCC(=O)NC2CCOC3(C2)CC(C(=O)O)C3)cc1. The Morgan fingerprint density at radius 1 is 1.25 bits per heavy atom. The molecule has 0 bridgehead atoms. The third kappa shape index (κ3) is 3.96. The summed E-state index contributed by atoms with van der Waals surface area (Å²) in [6, 6.07) is 8.34. The van der Waals surface area contributed by atoms with Crippen LogP contribution in [0.3, 0.4) is 0 Å². The molecule has 130 valence electrons. The van der Waals surface area contributed by atoms with Crippen molar-refractivity contribution in [2.24, 2.45) is 5.92 Å². The molecule has 1 aromatic carbocycles. The predicted molar refractivity (Wildman–Crippen MR) is 89.7 cm³/mol. The lowest BCUT2D eigenvalue weighted by Gasteiger charge is -2.50. The first kappa shape index (κ1) is 17.0. The van der Waals surface area contributed by atoms with Crippen molar-refractivity contribution in [3.8, 4) is 0 Å². The Hall–Kier alpha value is -1.88. The van der Waals surface area contributed by atoms with Gasteiger partial charge in [-0.15, -0.1) is 0 Å².